The Morgan fingerprint density at radius 3 is 2.67 bits per heavy atom. The standard InChI is InChI=1S/C12H15ClFN2PS/c1-5-18-12-16-7(3)8-6(2)15-11(13)9(14)10(8)17(12)4/h10H,5H2,1-4H3. The van der Waals surface area contributed by atoms with Crippen LogP contribution in [0.1, 0.15) is 20.8 Å². The quantitative estimate of drug-likeness (QED) is 0.508. The molecule has 0 aromatic carbocycles. The van der Waals surface area contributed by atoms with Gasteiger partial charge in [0.1, 0.15) is 5.83 Å². The summed E-state index contributed by atoms with van der Waals surface area (Å²) in [5, 5.41) is 0.00569. The zero-order valence-corrected chi connectivity index (χ0v) is 13.3. The van der Waals surface area contributed by atoms with E-state index in [0.29, 0.717) is 0 Å². The van der Waals surface area contributed by atoms with Gasteiger partial charge in [-0.15, -0.1) is 11.8 Å². The molecule has 2 aliphatic rings. The summed E-state index contributed by atoms with van der Waals surface area (Å²) in [6, 6.07) is 0. The van der Waals surface area contributed by atoms with Gasteiger partial charge >= 0.3 is 0 Å². The third-order valence-corrected chi connectivity index (χ3v) is 7.10. The van der Waals surface area contributed by atoms with Gasteiger partial charge in [0.25, 0.3) is 0 Å². The van der Waals surface area contributed by atoms with Crippen molar-refractivity contribution in [3.63, 3.8) is 0 Å². The van der Waals surface area contributed by atoms with Crippen molar-refractivity contribution in [3.05, 3.63) is 22.3 Å². The Morgan fingerprint density at radius 2 is 2.06 bits per heavy atom. The highest BCUT2D eigenvalue weighted by Crippen LogP contribution is 2.55. The van der Waals surface area contributed by atoms with Gasteiger partial charge in [-0.25, -0.2) is 14.4 Å². The SMILES string of the molecule is CCSC1=NC(C)=C2C(C)=NC(Cl)=C(F)C2P1C. The Balaban J connectivity index is 2.54. The van der Waals surface area contributed by atoms with Crippen molar-refractivity contribution < 1.29 is 4.39 Å². The fourth-order valence-electron chi connectivity index (χ4n) is 2.18. The summed E-state index contributed by atoms with van der Waals surface area (Å²) >= 11 is 7.57. The van der Waals surface area contributed by atoms with Crippen molar-refractivity contribution in [2.45, 2.75) is 26.4 Å². The summed E-state index contributed by atoms with van der Waals surface area (Å²) in [6.07, 6.45) is 0. The van der Waals surface area contributed by atoms with E-state index in [1.165, 1.54) is 0 Å². The van der Waals surface area contributed by atoms with E-state index in [0.717, 1.165) is 27.5 Å². The van der Waals surface area contributed by atoms with Gasteiger partial charge < -0.3 is 0 Å². The average molecular weight is 305 g/mol. The lowest BCUT2D eigenvalue weighted by molar-refractivity contribution is 0.606. The fraction of sp³-hybridized carbons (Fsp3) is 0.500. The first-order chi connectivity index (χ1) is 8.47. The smallest absolute Gasteiger partial charge is 0.161 e. The van der Waals surface area contributed by atoms with E-state index in [4.69, 9.17) is 11.6 Å². The molecule has 98 valence electrons. The summed E-state index contributed by atoms with van der Waals surface area (Å²) in [5.41, 5.74) is 2.34. The van der Waals surface area contributed by atoms with Crippen LogP contribution in [0.15, 0.2) is 32.2 Å². The number of rotatable bonds is 1. The molecule has 2 rings (SSSR count). The normalized spacial score (nSPS) is 28.1. The number of halogens is 2. The van der Waals surface area contributed by atoms with Crippen LogP contribution in [0.3, 0.4) is 0 Å². The first-order valence-electron chi connectivity index (χ1n) is 5.73. The minimum Gasteiger partial charge on any atom is -0.246 e. The third kappa shape index (κ3) is 2.31. The Bertz CT molecular complexity index is 510. The predicted octanol–water partition coefficient (Wildman–Crippen LogP) is 4.72. The number of hydrogen-bond donors (Lipinski definition) is 0. The van der Waals surface area contributed by atoms with Gasteiger partial charge in [0, 0.05) is 17.0 Å². The molecule has 2 unspecified atom stereocenters. The highest BCUT2D eigenvalue weighted by Gasteiger charge is 2.38. The molecule has 0 amide bonds. The number of nitrogens with zero attached hydrogens (tertiary/aromatic N) is 2. The van der Waals surface area contributed by atoms with Gasteiger partial charge in [-0.3, -0.25) is 0 Å². The van der Waals surface area contributed by atoms with E-state index >= 15 is 0 Å². The molecule has 2 atom stereocenters. The highest BCUT2D eigenvalue weighted by molar-refractivity contribution is 8.26. The Hall–Kier alpha value is -0.180. The van der Waals surface area contributed by atoms with Crippen LogP contribution in [-0.2, 0) is 0 Å². The number of hydrogen-bond acceptors (Lipinski definition) is 3. The first kappa shape index (κ1) is 14.2. The van der Waals surface area contributed by atoms with Gasteiger partial charge in [-0.1, -0.05) is 18.5 Å². The molecule has 18 heavy (non-hydrogen) atoms. The average Bonchev–Trinajstić information content (AvgIpc) is 2.30. The number of thioether (sulfide) groups is 1. The Kier molecular flexibility index (Phi) is 4.30. The second-order valence-corrected chi connectivity index (χ2v) is 8.25. The summed E-state index contributed by atoms with van der Waals surface area (Å²) in [6.45, 7) is 7.94. The Labute approximate surface area is 117 Å². The summed E-state index contributed by atoms with van der Waals surface area (Å²) in [7, 11) is -0.681. The number of fused-ring (bicyclic) bond motifs is 1. The molecule has 0 N–H and O–H groups in total. The number of aliphatic imine (C=N–C) groups is 2. The molecule has 0 aromatic rings. The van der Waals surface area contributed by atoms with Crippen LogP contribution >= 0.6 is 31.3 Å². The van der Waals surface area contributed by atoms with Crippen LogP contribution in [0.25, 0.3) is 0 Å². The third-order valence-electron chi connectivity index (χ3n) is 2.98. The van der Waals surface area contributed by atoms with Crippen LogP contribution in [0.2, 0.25) is 0 Å². The predicted molar refractivity (Wildman–Crippen MR) is 82.0 cm³/mol. The minimum atomic E-state index is -0.681. The molecule has 0 saturated carbocycles. The number of allylic oxidation sites excluding steroid dienone is 3. The van der Waals surface area contributed by atoms with Crippen LogP contribution in [-0.4, -0.2) is 28.6 Å². The van der Waals surface area contributed by atoms with Crippen molar-refractivity contribution in [1.82, 2.24) is 0 Å². The minimum absolute atomic E-state index is 0.00569. The summed E-state index contributed by atoms with van der Waals surface area (Å²) < 4.78 is 14.3. The largest absolute Gasteiger partial charge is 0.246 e. The molecule has 0 radical (unpaired) electrons. The van der Waals surface area contributed by atoms with E-state index in [1.54, 1.807) is 11.8 Å². The van der Waals surface area contributed by atoms with E-state index < -0.39 is 7.92 Å². The van der Waals surface area contributed by atoms with Crippen LogP contribution in [0, 0.1) is 0 Å². The second-order valence-electron chi connectivity index (χ2n) is 4.18. The van der Waals surface area contributed by atoms with Crippen molar-refractivity contribution >= 4 is 41.8 Å². The summed E-state index contributed by atoms with van der Waals surface area (Å²) in [5.74, 6) is 0.654. The molecule has 0 bridgehead atoms. The van der Waals surface area contributed by atoms with Gasteiger partial charge in [0.15, 0.2) is 5.16 Å². The van der Waals surface area contributed by atoms with E-state index in [-0.39, 0.29) is 16.6 Å². The summed E-state index contributed by atoms with van der Waals surface area (Å²) in [4.78, 5) is 9.74. The zero-order chi connectivity index (χ0) is 13.4. The maximum absolute atomic E-state index is 14.3. The molecule has 0 fully saturated rings. The highest BCUT2D eigenvalue weighted by atomic mass is 35.5. The van der Waals surface area contributed by atoms with E-state index in [2.05, 4.69) is 23.6 Å². The molecular weight excluding hydrogens is 290 g/mol. The van der Waals surface area contributed by atoms with E-state index in [1.807, 2.05) is 13.8 Å². The first-order valence-corrected chi connectivity index (χ1v) is 8.95. The molecule has 2 aliphatic heterocycles. The van der Waals surface area contributed by atoms with Crippen LogP contribution in [0.4, 0.5) is 4.39 Å². The molecule has 6 heteroatoms. The zero-order valence-electron chi connectivity index (χ0n) is 10.8. The fourth-order valence-corrected chi connectivity index (χ4v) is 6.22. The van der Waals surface area contributed by atoms with Crippen molar-refractivity contribution in [2.24, 2.45) is 9.98 Å². The lowest BCUT2D eigenvalue weighted by atomic mass is 10.0. The second kappa shape index (κ2) is 5.44. The van der Waals surface area contributed by atoms with Gasteiger partial charge in [0.05, 0.1) is 10.4 Å². The van der Waals surface area contributed by atoms with Crippen molar-refractivity contribution in [1.29, 1.82) is 0 Å². The lowest BCUT2D eigenvalue weighted by Gasteiger charge is -2.33. The molecular formula is C12H15ClFN2PS. The molecule has 0 saturated heterocycles. The lowest BCUT2D eigenvalue weighted by Crippen LogP contribution is -2.26. The maximum atomic E-state index is 14.3. The van der Waals surface area contributed by atoms with Crippen LogP contribution in [0.5, 0.6) is 0 Å². The van der Waals surface area contributed by atoms with Crippen molar-refractivity contribution in [2.75, 3.05) is 12.4 Å². The Morgan fingerprint density at radius 1 is 1.39 bits per heavy atom. The maximum Gasteiger partial charge on any atom is 0.161 e. The van der Waals surface area contributed by atoms with Crippen molar-refractivity contribution in [3.8, 4) is 0 Å². The van der Waals surface area contributed by atoms with E-state index in [9.17, 15) is 4.39 Å². The molecule has 0 spiro atoms. The topological polar surface area (TPSA) is 24.7 Å². The molecule has 2 heterocycles. The molecule has 0 aromatic heterocycles. The monoisotopic (exact) mass is 304 g/mol. The van der Waals surface area contributed by atoms with Gasteiger partial charge in [0.2, 0.25) is 0 Å². The molecule has 0 aliphatic carbocycles. The van der Waals surface area contributed by atoms with Crippen LogP contribution < -0.4 is 0 Å². The van der Waals surface area contributed by atoms with Gasteiger partial charge in [-0.2, -0.15) is 0 Å². The van der Waals surface area contributed by atoms with Gasteiger partial charge in [-0.05, 0) is 34.2 Å². The molecule has 2 nitrogen and oxygen atoms in total.